The molecule has 1 unspecified atom stereocenters. The number of hydrogen-bond donors (Lipinski definition) is 1. The summed E-state index contributed by atoms with van der Waals surface area (Å²) in [6.07, 6.45) is 0. The number of carbonyl (C=O) groups excluding carboxylic acids is 1. The number of nitrogens with one attached hydrogen (secondary N) is 1. The van der Waals surface area contributed by atoms with E-state index in [0.29, 0.717) is 0 Å². The molecule has 0 aliphatic rings. The predicted octanol–water partition coefficient (Wildman–Crippen LogP) is 3.73. The molecule has 0 radical (unpaired) electrons. The van der Waals surface area contributed by atoms with E-state index in [1.165, 1.54) is 23.1 Å². The number of nitrogens with zero attached hydrogens (tertiary/aromatic N) is 2. The third-order valence-corrected chi connectivity index (χ3v) is 4.94. The second kappa shape index (κ2) is 6.49. The summed E-state index contributed by atoms with van der Waals surface area (Å²) in [5.41, 5.74) is 3.57. The highest BCUT2D eigenvalue weighted by Gasteiger charge is 2.17. The number of hydrogen-bond acceptors (Lipinski definition) is 5. The maximum absolute atomic E-state index is 12.1. The first-order valence-electron chi connectivity index (χ1n) is 5.56. The molecule has 0 aliphatic carbocycles. The van der Waals surface area contributed by atoms with E-state index in [0.717, 1.165) is 20.1 Å². The van der Waals surface area contributed by atoms with Crippen molar-refractivity contribution < 1.29 is 4.79 Å². The molecular formula is C12H12BrN3OS2. The molecule has 100 valence electrons. The number of anilines is 1. The SMILES string of the molecule is Cc1ccc(NC(=O)C(C)Sc2nncs2)c(Br)c1. The summed E-state index contributed by atoms with van der Waals surface area (Å²) in [7, 11) is 0. The fraction of sp³-hybridized carbons (Fsp3) is 0.250. The summed E-state index contributed by atoms with van der Waals surface area (Å²) < 4.78 is 1.68. The Morgan fingerprint density at radius 3 is 2.95 bits per heavy atom. The van der Waals surface area contributed by atoms with E-state index in [-0.39, 0.29) is 11.2 Å². The largest absolute Gasteiger partial charge is 0.324 e. The van der Waals surface area contributed by atoms with Gasteiger partial charge in [0.2, 0.25) is 5.91 Å². The Labute approximate surface area is 128 Å². The summed E-state index contributed by atoms with van der Waals surface area (Å²) in [6, 6.07) is 5.82. The monoisotopic (exact) mass is 357 g/mol. The minimum atomic E-state index is -0.221. The van der Waals surface area contributed by atoms with Crippen LogP contribution < -0.4 is 5.32 Å². The number of aryl methyl sites for hydroxylation is 1. The quantitative estimate of drug-likeness (QED) is 0.847. The molecule has 1 heterocycles. The molecule has 2 rings (SSSR count). The molecule has 0 fully saturated rings. The van der Waals surface area contributed by atoms with Crippen LogP contribution in [0.25, 0.3) is 0 Å². The van der Waals surface area contributed by atoms with Crippen molar-refractivity contribution in [2.75, 3.05) is 5.32 Å². The van der Waals surface area contributed by atoms with Gasteiger partial charge in [-0.2, -0.15) is 0 Å². The van der Waals surface area contributed by atoms with Gasteiger partial charge in [0, 0.05) is 4.47 Å². The highest BCUT2D eigenvalue weighted by molar-refractivity contribution is 9.10. The second-order valence-electron chi connectivity index (χ2n) is 3.94. The van der Waals surface area contributed by atoms with E-state index in [4.69, 9.17) is 0 Å². The van der Waals surface area contributed by atoms with E-state index in [9.17, 15) is 4.79 Å². The first kappa shape index (κ1) is 14.5. The van der Waals surface area contributed by atoms with E-state index in [1.807, 2.05) is 32.0 Å². The Kier molecular flexibility index (Phi) is 4.95. The molecule has 0 saturated carbocycles. The average Bonchev–Trinajstić information content (AvgIpc) is 2.85. The molecule has 1 amide bonds. The average molecular weight is 358 g/mol. The third kappa shape index (κ3) is 4.02. The van der Waals surface area contributed by atoms with E-state index in [1.54, 1.807) is 5.51 Å². The van der Waals surface area contributed by atoms with Crippen molar-refractivity contribution in [2.45, 2.75) is 23.4 Å². The number of thioether (sulfide) groups is 1. The Morgan fingerprint density at radius 1 is 1.53 bits per heavy atom. The van der Waals surface area contributed by atoms with Gasteiger partial charge in [0.1, 0.15) is 5.51 Å². The maximum Gasteiger partial charge on any atom is 0.237 e. The van der Waals surface area contributed by atoms with Gasteiger partial charge < -0.3 is 5.32 Å². The van der Waals surface area contributed by atoms with Crippen LogP contribution in [0, 0.1) is 6.92 Å². The van der Waals surface area contributed by atoms with Crippen molar-refractivity contribution in [1.82, 2.24) is 10.2 Å². The van der Waals surface area contributed by atoms with Crippen molar-refractivity contribution in [1.29, 1.82) is 0 Å². The summed E-state index contributed by atoms with van der Waals surface area (Å²) in [5.74, 6) is -0.0512. The number of halogens is 1. The van der Waals surface area contributed by atoms with Crippen LogP contribution in [0.5, 0.6) is 0 Å². The zero-order chi connectivity index (χ0) is 13.8. The van der Waals surface area contributed by atoms with Gasteiger partial charge in [-0.05, 0) is 47.5 Å². The Hall–Kier alpha value is -0.920. The van der Waals surface area contributed by atoms with Crippen molar-refractivity contribution in [3.8, 4) is 0 Å². The summed E-state index contributed by atoms with van der Waals surface area (Å²) in [4.78, 5) is 12.1. The van der Waals surface area contributed by atoms with Crippen LogP contribution in [0.15, 0.2) is 32.5 Å². The lowest BCUT2D eigenvalue weighted by atomic mass is 10.2. The molecular weight excluding hydrogens is 346 g/mol. The third-order valence-electron chi connectivity index (χ3n) is 2.37. The van der Waals surface area contributed by atoms with E-state index < -0.39 is 0 Å². The van der Waals surface area contributed by atoms with Crippen LogP contribution in [0.4, 0.5) is 5.69 Å². The topological polar surface area (TPSA) is 54.9 Å². The number of carbonyl (C=O) groups is 1. The minimum absolute atomic E-state index is 0.0512. The molecule has 19 heavy (non-hydrogen) atoms. The summed E-state index contributed by atoms with van der Waals surface area (Å²) in [6.45, 7) is 3.85. The molecule has 1 atom stereocenters. The van der Waals surface area contributed by atoms with Gasteiger partial charge in [0.15, 0.2) is 4.34 Å². The molecule has 4 nitrogen and oxygen atoms in total. The van der Waals surface area contributed by atoms with Crippen LogP contribution in [-0.2, 0) is 4.79 Å². The van der Waals surface area contributed by atoms with E-state index in [2.05, 4.69) is 31.4 Å². The van der Waals surface area contributed by atoms with Crippen LogP contribution >= 0.6 is 39.0 Å². The van der Waals surface area contributed by atoms with Crippen molar-refractivity contribution in [3.63, 3.8) is 0 Å². The lowest BCUT2D eigenvalue weighted by molar-refractivity contribution is -0.115. The minimum Gasteiger partial charge on any atom is -0.324 e. The Morgan fingerprint density at radius 2 is 2.32 bits per heavy atom. The smallest absolute Gasteiger partial charge is 0.237 e. The van der Waals surface area contributed by atoms with Gasteiger partial charge in [-0.25, -0.2) is 0 Å². The molecule has 2 aromatic rings. The zero-order valence-electron chi connectivity index (χ0n) is 10.4. The van der Waals surface area contributed by atoms with Crippen LogP contribution in [-0.4, -0.2) is 21.4 Å². The van der Waals surface area contributed by atoms with Crippen molar-refractivity contribution in [3.05, 3.63) is 33.7 Å². The molecule has 1 N–H and O–H groups in total. The van der Waals surface area contributed by atoms with Gasteiger partial charge in [0.05, 0.1) is 10.9 Å². The number of benzene rings is 1. The first-order valence-corrected chi connectivity index (χ1v) is 8.11. The first-order chi connectivity index (χ1) is 9.06. The maximum atomic E-state index is 12.1. The molecule has 0 bridgehead atoms. The normalized spacial score (nSPS) is 12.2. The molecule has 7 heteroatoms. The van der Waals surface area contributed by atoms with Gasteiger partial charge in [-0.1, -0.05) is 29.2 Å². The highest BCUT2D eigenvalue weighted by Crippen LogP contribution is 2.27. The van der Waals surface area contributed by atoms with E-state index >= 15 is 0 Å². The lowest BCUT2D eigenvalue weighted by Crippen LogP contribution is -2.22. The highest BCUT2D eigenvalue weighted by atomic mass is 79.9. The fourth-order valence-electron chi connectivity index (χ4n) is 1.37. The van der Waals surface area contributed by atoms with Crippen LogP contribution in [0.1, 0.15) is 12.5 Å². The molecule has 0 aliphatic heterocycles. The fourth-order valence-corrected chi connectivity index (χ4v) is 3.59. The molecule has 1 aromatic heterocycles. The number of aromatic nitrogens is 2. The summed E-state index contributed by atoms with van der Waals surface area (Å²) >= 11 is 6.28. The van der Waals surface area contributed by atoms with Crippen molar-refractivity contribution in [2.24, 2.45) is 0 Å². The van der Waals surface area contributed by atoms with Gasteiger partial charge in [-0.3, -0.25) is 4.79 Å². The molecule has 1 aromatic carbocycles. The molecule has 0 spiro atoms. The zero-order valence-corrected chi connectivity index (χ0v) is 13.6. The standard InChI is InChI=1S/C12H12BrN3OS2/c1-7-3-4-10(9(13)5-7)15-11(17)8(2)19-12-16-14-6-18-12/h3-6,8H,1-2H3,(H,15,17). The van der Waals surface area contributed by atoms with Crippen LogP contribution in [0.3, 0.4) is 0 Å². The second-order valence-corrected chi connectivity index (χ2v) is 7.21. The molecule has 0 saturated heterocycles. The van der Waals surface area contributed by atoms with Gasteiger partial charge in [0.25, 0.3) is 0 Å². The number of amides is 1. The Bertz CT molecular complexity index is 574. The van der Waals surface area contributed by atoms with Gasteiger partial charge >= 0.3 is 0 Å². The number of rotatable bonds is 4. The summed E-state index contributed by atoms with van der Waals surface area (Å²) in [5, 5.41) is 10.3. The predicted molar refractivity (Wildman–Crippen MR) is 82.7 cm³/mol. The Balaban J connectivity index is 2.00. The van der Waals surface area contributed by atoms with Gasteiger partial charge in [-0.15, -0.1) is 10.2 Å². The lowest BCUT2D eigenvalue weighted by Gasteiger charge is -2.12. The van der Waals surface area contributed by atoms with Crippen molar-refractivity contribution >= 4 is 50.6 Å². The van der Waals surface area contributed by atoms with Crippen LogP contribution in [0.2, 0.25) is 0 Å².